The van der Waals surface area contributed by atoms with Crippen molar-refractivity contribution in [2.24, 2.45) is 5.92 Å². The first-order valence-corrected chi connectivity index (χ1v) is 8.84. The first kappa shape index (κ1) is 15.9. The van der Waals surface area contributed by atoms with Gasteiger partial charge in [0.15, 0.2) is 0 Å². The molecule has 5 heteroatoms. The van der Waals surface area contributed by atoms with E-state index in [9.17, 15) is 9.18 Å². The van der Waals surface area contributed by atoms with E-state index < -0.39 is 0 Å². The average Bonchev–Trinajstić information content (AvgIpc) is 3.27. The topological polar surface area (TPSA) is 35.6 Å². The normalized spacial score (nSPS) is 19.2. The van der Waals surface area contributed by atoms with Gasteiger partial charge in [0.2, 0.25) is 0 Å². The minimum atomic E-state index is -0.211. The molecule has 2 aromatic rings. The second kappa shape index (κ2) is 6.75. The van der Waals surface area contributed by atoms with Gasteiger partial charge in [-0.3, -0.25) is 4.90 Å². The number of anilines is 2. The maximum Gasteiger partial charge on any atom is 0.321 e. The zero-order valence-corrected chi connectivity index (χ0v) is 14.1. The van der Waals surface area contributed by atoms with Crippen LogP contribution in [0, 0.1) is 11.7 Å². The number of benzene rings is 2. The zero-order valence-electron chi connectivity index (χ0n) is 14.1. The first-order chi connectivity index (χ1) is 12.2. The van der Waals surface area contributed by atoms with E-state index in [2.05, 4.69) is 16.3 Å². The largest absolute Gasteiger partial charge is 0.371 e. The van der Waals surface area contributed by atoms with Gasteiger partial charge in [-0.15, -0.1) is 0 Å². The second-order valence-corrected chi connectivity index (χ2v) is 6.79. The van der Waals surface area contributed by atoms with Gasteiger partial charge in [0.25, 0.3) is 0 Å². The van der Waals surface area contributed by atoms with Crippen LogP contribution in [0.15, 0.2) is 48.5 Å². The molecule has 2 aliphatic rings. The van der Waals surface area contributed by atoms with Gasteiger partial charge in [0, 0.05) is 37.6 Å². The highest BCUT2D eigenvalue weighted by molar-refractivity contribution is 5.94. The van der Waals surface area contributed by atoms with Crippen LogP contribution in [0.4, 0.5) is 20.6 Å². The molecule has 130 valence electrons. The van der Waals surface area contributed by atoms with Gasteiger partial charge in [-0.1, -0.05) is 18.2 Å². The number of hydrogen-bond donors (Lipinski definition) is 1. The van der Waals surface area contributed by atoms with Gasteiger partial charge < -0.3 is 10.2 Å². The monoisotopic (exact) mass is 339 g/mol. The maximum absolute atomic E-state index is 13.0. The summed E-state index contributed by atoms with van der Waals surface area (Å²) < 4.78 is 13.0. The van der Waals surface area contributed by atoms with Crippen molar-refractivity contribution in [2.75, 3.05) is 36.0 Å². The SMILES string of the molecule is O=C(NCC1CCN(c2ccc(F)cc2)C1)N1CCc2ccccc21. The van der Waals surface area contributed by atoms with E-state index >= 15 is 0 Å². The highest BCUT2D eigenvalue weighted by atomic mass is 19.1. The van der Waals surface area contributed by atoms with Crippen LogP contribution in [0.2, 0.25) is 0 Å². The van der Waals surface area contributed by atoms with Gasteiger partial charge in [-0.05, 0) is 54.7 Å². The fourth-order valence-electron chi connectivity index (χ4n) is 3.76. The Morgan fingerprint density at radius 1 is 1.12 bits per heavy atom. The van der Waals surface area contributed by atoms with E-state index in [-0.39, 0.29) is 11.8 Å². The van der Waals surface area contributed by atoms with Crippen molar-refractivity contribution in [3.8, 4) is 0 Å². The molecule has 0 aliphatic carbocycles. The van der Waals surface area contributed by atoms with E-state index in [1.165, 1.54) is 17.7 Å². The molecule has 25 heavy (non-hydrogen) atoms. The molecule has 1 unspecified atom stereocenters. The lowest BCUT2D eigenvalue weighted by atomic mass is 10.1. The Bertz CT molecular complexity index is 762. The third-order valence-corrected chi connectivity index (χ3v) is 5.15. The molecule has 0 aromatic heterocycles. The van der Waals surface area contributed by atoms with Crippen LogP contribution in [0.1, 0.15) is 12.0 Å². The van der Waals surface area contributed by atoms with E-state index in [4.69, 9.17) is 0 Å². The minimum absolute atomic E-state index is 0.00909. The average molecular weight is 339 g/mol. The number of halogens is 1. The number of para-hydroxylation sites is 1. The van der Waals surface area contributed by atoms with E-state index in [0.29, 0.717) is 12.5 Å². The summed E-state index contributed by atoms with van der Waals surface area (Å²) in [6, 6.07) is 14.7. The van der Waals surface area contributed by atoms with E-state index in [1.807, 2.05) is 35.2 Å². The van der Waals surface area contributed by atoms with Crippen LogP contribution in [-0.2, 0) is 6.42 Å². The number of amides is 2. The summed E-state index contributed by atoms with van der Waals surface area (Å²) in [6.07, 6.45) is 1.96. The Labute approximate surface area is 147 Å². The Morgan fingerprint density at radius 2 is 1.92 bits per heavy atom. The molecule has 2 aliphatic heterocycles. The molecule has 0 bridgehead atoms. The number of carbonyl (C=O) groups is 1. The Kier molecular flexibility index (Phi) is 4.30. The van der Waals surface area contributed by atoms with E-state index in [1.54, 1.807) is 0 Å². The van der Waals surface area contributed by atoms with E-state index in [0.717, 1.165) is 43.9 Å². The van der Waals surface area contributed by atoms with Crippen LogP contribution in [-0.4, -0.2) is 32.2 Å². The Morgan fingerprint density at radius 3 is 2.76 bits per heavy atom. The van der Waals surface area contributed by atoms with Gasteiger partial charge >= 0.3 is 6.03 Å². The molecule has 0 radical (unpaired) electrons. The molecule has 2 heterocycles. The summed E-state index contributed by atoms with van der Waals surface area (Å²) in [5.74, 6) is 0.213. The molecule has 1 N–H and O–H groups in total. The molecular weight excluding hydrogens is 317 g/mol. The maximum atomic E-state index is 13.0. The van der Waals surface area contributed by atoms with Gasteiger partial charge in [-0.2, -0.15) is 0 Å². The second-order valence-electron chi connectivity index (χ2n) is 6.79. The summed E-state index contributed by atoms with van der Waals surface area (Å²) in [6.45, 7) is 3.26. The number of carbonyl (C=O) groups excluding carboxylic acids is 1. The Hall–Kier alpha value is -2.56. The smallest absolute Gasteiger partial charge is 0.321 e. The van der Waals surface area contributed by atoms with Crippen molar-refractivity contribution in [1.82, 2.24) is 5.32 Å². The number of fused-ring (bicyclic) bond motifs is 1. The van der Waals surface area contributed by atoms with Crippen molar-refractivity contribution in [2.45, 2.75) is 12.8 Å². The van der Waals surface area contributed by atoms with Crippen LogP contribution >= 0.6 is 0 Å². The lowest BCUT2D eigenvalue weighted by Gasteiger charge is -2.21. The quantitative estimate of drug-likeness (QED) is 0.930. The number of rotatable bonds is 3. The molecule has 4 rings (SSSR count). The van der Waals surface area contributed by atoms with Crippen LogP contribution in [0.25, 0.3) is 0 Å². The van der Waals surface area contributed by atoms with Crippen LogP contribution in [0.3, 0.4) is 0 Å². The Balaban J connectivity index is 1.31. The summed E-state index contributed by atoms with van der Waals surface area (Å²) in [5.41, 5.74) is 3.31. The number of nitrogens with one attached hydrogen (secondary N) is 1. The lowest BCUT2D eigenvalue weighted by Crippen LogP contribution is -2.41. The molecule has 1 atom stereocenters. The number of hydrogen-bond acceptors (Lipinski definition) is 2. The summed E-state index contributed by atoms with van der Waals surface area (Å²) in [7, 11) is 0. The third-order valence-electron chi connectivity index (χ3n) is 5.15. The molecule has 4 nitrogen and oxygen atoms in total. The summed E-state index contributed by atoms with van der Waals surface area (Å²) >= 11 is 0. The number of nitrogens with zero attached hydrogens (tertiary/aromatic N) is 2. The molecule has 1 saturated heterocycles. The zero-order chi connectivity index (χ0) is 17.2. The van der Waals surface area contributed by atoms with Crippen molar-refractivity contribution in [3.05, 3.63) is 59.9 Å². The van der Waals surface area contributed by atoms with Crippen molar-refractivity contribution in [3.63, 3.8) is 0 Å². The standard InChI is InChI=1S/C20H22FN3O/c21-17-5-7-18(8-6-17)23-11-9-15(14-23)13-22-20(25)24-12-10-16-3-1-2-4-19(16)24/h1-8,15H,9-14H2,(H,22,25). The van der Waals surface area contributed by atoms with Crippen molar-refractivity contribution < 1.29 is 9.18 Å². The molecule has 2 amide bonds. The van der Waals surface area contributed by atoms with Crippen LogP contribution in [0.5, 0.6) is 0 Å². The molecule has 0 spiro atoms. The van der Waals surface area contributed by atoms with Crippen LogP contribution < -0.4 is 15.1 Å². The summed E-state index contributed by atoms with van der Waals surface area (Å²) in [4.78, 5) is 16.6. The minimum Gasteiger partial charge on any atom is -0.371 e. The lowest BCUT2D eigenvalue weighted by molar-refractivity contribution is 0.245. The van der Waals surface area contributed by atoms with Gasteiger partial charge in [-0.25, -0.2) is 9.18 Å². The fourth-order valence-corrected chi connectivity index (χ4v) is 3.76. The molecule has 1 fully saturated rings. The predicted molar refractivity (Wildman–Crippen MR) is 97.6 cm³/mol. The molecule has 0 saturated carbocycles. The van der Waals surface area contributed by atoms with Crippen molar-refractivity contribution >= 4 is 17.4 Å². The van der Waals surface area contributed by atoms with Crippen molar-refractivity contribution in [1.29, 1.82) is 0 Å². The third kappa shape index (κ3) is 3.31. The summed E-state index contributed by atoms with van der Waals surface area (Å²) in [5, 5.41) is 3.09. The van der Waals surface area contributed by atoms with Gasteiger partial charge in [0.05, 0.1) is 0 Å². The predicted octanol–water partition coefficient (Wildman–Crippen LogP) is 3.42. The highest BCUT2D eigenvalue weighted by Gasteiger charge is 2.27. The van der Waals surface area contributed by atoms with Gasteiger partial charge in [0.1, 0.15) is 5.82 Å². The molecule has 2 aromatic carbocycles. The fraction of sp³-hybridized carbons (Fsp3) is 0.350. The number of urea groups is 1. The first-order valence-electron chi connectivity index (χ1n) is 8.84. The highest BCUT2D eigenvalue weighted by Crippen LogP contribution is 2.27. The molecular formula is C20H22FN3O.